The van der Waals surface area contributed by atoms with E-state index in [9.17, 15) is 0 Å². The minimum atomic E-state index is 0. The van der Waals surface area contributed by atoms with Gasteiger partial charge in [-0.15, -0.1) is 25.3 Å². The number of terminal acetylenes is 1. The van der Waals surface area contributed by atoms with Crippen molar-refractivity contribution in [3.05, 3.63) is 0 Å². The van der Waals surface area contributed by atoms with Gasteiger partial charge >= 0.3 is 0 Å². The smallest absolute Gasteiger partial charge is 0 e. The molecule has 0 rings (SSSR count). The number of hydrogen-bond acceptors (Lipinski definition) is 0. The molecule has 0 amide bonds. The molecule has 0 aromatic heterocycles. The molecule has 0 aromatic rings. The number of halogens is 1. The summed E-state index contributed by atoms with van der Waals surface area (Å²) in [4.78, 5) is 0. The van der Waals surface area contributed by atoms with E-state index in [0.29, 0.717) is 0 Å². The topological polar surface area (TPSA) is 0 Å². The fourth-order valence-electron chi connectivity index (χ4n) is 0. The van der Waals surface area contributed by atoms with E-state index in [2.05, 4.69) is 12.8 Å². The normalized spacial score (nSPS) is 0.500. The second kappa shape index (κ2) is 69.1. The second-order valence-electron chi connectivity index (χ2n) is 0. The molecule has 0 saturated heterocycles. The van der Waals surface area contributed by atoms with Gasteiger partial charge in [0.15, 0.2) is 0 Å². The van der Waals surface area contributed by atoms with Gasteiger partial charge in [-0.2, -0.15) is 0 Å². The number of hydrogen-bond donors (Lipinski definition) is 0. The molecule has 0 atom stereocenters. The van der Waals surface area contributed by atoms with Crippen molar-refractivity contribution in [2.75, 3.05) is 0 Å². The van der Waals surface area contributed by atoms with Crippen LogP contribution in [0.25, 0.3) is 0 Å². The Morgan fingerprint density at radius 2 is 1.00 bits per heavy atom. The van der Waals surface area contributed by atoms with Gasteiger partial charge in [-0.05, 0) is 0 Å². The molecule has 0 spiro atoms. The van der Waals surface area contributed by atoms with Crippen molar-refractivity contribution < 1.29 is 22.4 Å². The van der Waals surface area contributed by atoms with Gasteiger partial charge in [0.1, 0.15) is 0 Å². The Balaban J connectivity index is -0.00000000500. The van der Waals surface area contributed by atoms with E-state index in [0.717, 1.165) is 0 Å². The monoisotopic (exact) mass is 259 g/mol. The zero-order valence-electron chi connectivity index (χ0n) is 1.86. The molecule has 0 aliphatic rings. The van der Waals surface area contributed by atoms with Crippen molar-refractivity contribution in [3.63, 3.8) is 0 Å². The molecule has 1 radical (unpaired) electrons. The van der Waals surface area contributed by atoms with Crippen LogP contribution in [-0.2, 0) is 22.4 Å². The molecule has 0 bridgehead atoms. The summed E-state index contributed by atoms with van der Waals surface area (Å²) in [6, 6.07) is 0. The maximum absolute atomic E-state index is 4.00. The summed E-state index contributed by atoms with van der Waals surface area (Å²) in [5.41, 5.74) is 0. The third-order valence-electron chi connectivity index (χ3n) is 0. The Labute approximate surface area is 47.9 Å². The van der Waals surface area contributed by atoms with E-state index >= 15 is 0 Å². The maximum Gasteiger partial charge on any atom is 0 e. The van der Waals surface area contributed by atoms with Crippen LogP contribution in [0, 0.1) is 12.8 Å². The van der Waals surface area contributed by atoms with Crippen molar-refractivity contribution >= 4 is 12.4 Å². The summed E-state index contributed by atoms with van der Waals surface area (Å²) >= 11 is 0. The summed E-state index contributed by atoms with van der Waals surface area (Å²) in [6.45, 7) is 0. The van der Waals surface area contributed by atoms with Gasteiger partial charge in [0.05, 0.1) is 0 Å². The molecular weight excluding hydrogens is 256 g/mol. The standard InChI is InChI=1S/C2H2.Au.ClH/c1-2;;/h1-2H;;1H. The van der Waals surface area contributed by atoms with Crippen LogP contribution in [0.1, 0.15) is 0 Å². The number of rotatable bonds is 0. The fourth-order valence-corrected chi connectivity index (χ4v) is 0. The predicted molar refractivity (Wildman–Crippen MR) is 17.1 cm³/mol. The average Bonchev–Trinajstić information content (AvgIpc) is 1.00. The Kier molecular flexibility index (Phi) is 404. The SMILES string of the molecule is C#C.Cl.[Au]. The molecular formula is C2H3AuCl. The first-order valence-corrected chi connectivity index (χ1v) is 0.333. The molecule has 0 fully saturated rings. The second-order valence-corrected chi connectivity index (χ2v) is 0. The van der Waals surface area contributed by atoms with Crippen molar-refractivity contribution in [2.24, 2.45) is 0 Å². The van der Waals surface area contributed by atoms with Gasteiger partial charge in [0.25, 0.3) is 0 Å². The molecule has 0 heterocycles. The Morgan fingerprint density at radius 1 is 1.00 bits per heavy atom. The van der Waals surface area contributed by atoms with Crippen molar-refractivity contribution in [1.29, 1.82) is 0 Å². The van der Waals surface area contributed by atoms with Crippen LogP contribution in [0.2, 0.25) is 0 Å². The molecule has 0 aliphatic carbocycles. The van der Waals surface area contributed by atoms with Gasteiger partial charge in [0.2, 0.25) is 0 Å². The van der Waals surface area contributed by atoms with Crippen LogP contribution in [-0.4, -0.2) is 0 Å². The predicted octanol–water partition coefficient (Wildman–Crippen LogP) is 0.669. The molecule has 0 unspecified atom stereocenters. The van der Waals surface area contributed by atoms with Crippen LogP contribution in [0.5, 0.6) is 0 Å². The first kappa shape index (κ1) is 23.4. The zero-order chi connectivity index (χ0) is 2.00. The molecule has 4 heavy (non-hydrogen) atoms. The molecule has 0 aromatic carbocycles. The molecule has 2 heteroatoms. The van der Waals surface area contributed by atoms with Crippen molar-refractivity contribution in [3.8, 4) is 12.8 Å². The van der Waals surface area contributed by atoms with Crippen LogP contribution >= 0.6 is 12.4 Å². The van der Waals surface area contributed by atoms with Crippen LogP contribution in [0.3, 0.4) is 0 Å². The molecule has 0 aliphatic heterocycles. The van der Waals surface area contributed by atoms with Crippen molar-refractivity contribution in [1.82, 2.24) is 0 Å². The quantitative estimate of drug-likeness (QED) is 0.443. The van der Waals surface area contributed by atoms with Gasteiger partial charge < -0.3 is 0 Å². The van der Waals surface area contributed by atoms with E-state index in [1.165, 1.54) is 0 Å². The van der Waals surface area contributed by atoms with Gasteiger partial charge in [-0.25, -0.2) is 0 Å². The van der Waals surface area contributed by atoms with Crippen molar-refractivity contribution in [2.45, 2.75) is 0 Å². The Hall–Kier alpha value is 0.590. The van der Waals surface area contributed by atoms with E-state index in [1.807, 2.05) is 0 Å². The Morgan fingerprint density at radius 3 is 1.00 bits per heavy atom. The minimum Gasteiger partial charge on any atom is -0.147 e. The summed E-state index contributed by atoms with van der Waals surface area (Å²) < 4.78 is 0. The first-order valence-electron chi connectivity index (χ1n) is 0.333. The van der Waals surface area contributed by atoms with Gasteiger partial charge in [-0.3, -0.25) is 0 Å². The maximum atomic E-state index is 4.00. The van der Waals surface area contributed by atoms with Crippen LogP contribution < -0.4 is 0 Å². The minimum absolute atomic E-state index is 0. The van der Waals surface area contributed by atoms with E-state index in [1.54, 1.807) is 0 Å². The summed E-state index contributed by atoms with van der Waals surface area (Å²) in [6.07, 6.45) is 8.00. The largest absolute Gasteiger partial charge is 0.147 e. The van der Waals surface area contributed by atoms with Gasteiger partial charge in [0, 0.05) is 22.4 Å². The fraction of sp³-hybridized carbons (Fsp3) is 0. The molecule has 0 saturated carbocycles. The van der Waals surface area contributed by atoms with E-state index in [-0.39, 0.29) is 34.8 Å². The summed E-state index contributed by atoms with van der Waals surface area (Å²) in [7, 11) is 0. The van der Waals surface area contributed by atoms with E-state index < -0.39 is 0 Å². The van der Waals surface area contributed by atoms with Crippen LogP contribution in [0.4, 0.5) is 0 Å². The van der Waals surface area contributed by atoms with Gasteiger partial charge in [-0.1, -0.05) is 0 Å². The molecule has 29 valence electrons. The first-order chi connectivity index (χ1) is 1.00. The third kappa shape index (κ3) is 18.8. The Bertz CT molecular complexity index is 10.8. The summed E-state index contributed by atoms with van der Waals surface area (Å²) in [5.74, 6) is 0. The third-order valence-corrected chi connectivity index (χ3v) is 0. The summed E-state index contributed by atoms with van der Waals surface area (Å²) in [5, 5.41) is 0. The molecule has 0 nitrogen and oxygen atoms in total. The molecule has 0 N–H and O–H groups in total. The zero-order valence-corrected chi connectivity index (χ0v) is 4.85. The van der Waals surface area contributed by atoms with E-state index in [4.69, 9.17) is 0 Å². The average molecular weight is 259 g/mol. The van der Waals surface area contributed by atoms with Crippen LogP contribution in [0.15, 0.2) is 0 Å².